The molecule has 25 heavy (non-hydrogen) atoms. The normalized spacial score (nSPS) is 10.1. The van der Waals surface area contributed by atoms with Crippen LogP contribution in [0.2, 0.25) is 0 Å². The van der Waals surface area contributed by atoms with E-state index in [0.29, 0.717) is 18.0 Å². The number of hydrogen-bond acceptors (Lipinski definition) is 6. The lowest BCUT2D eigenvalue weighted by Crippen LogP contribution is -2.41. The fourth-order valence-electron chi connectivity index (χ4n) is 1.81. The molecule has 2 N–H and O–H groups in total. The third-order valence-corrected chi connectivity index (χ3v) is 2.88. The van der Waals surface area contributed by atoms with E-state index < -0.39 is 24.5 Å². The third-order valence-electron chi connectivity index (χ3n) is 2.88. The molecule has 1 aromatic rings. The largest absolute Gasteiger partial charge is 0.493 e. The minimum Gasteiger partial charge on any atom is -0.493 e. The van der Waals surface area contributed by atoms with Crippen LogP contribution in [-0.4, -0.2) is 44.3 Å². The number of carbonyl (C=O) groups is 3. The molecular weight excluding hydrogens is 328 g/mol. The first-order chi connectivity index (χ1) is 11.9. The first-order valence-electron chi connectivity index (χ1n) is 7.96. The van der Waals surface area contributed by atoms with E-state index >= 15 is 0 Å². The Morgan fingerprint density at radius 1 is 1.16 bits per heavy atom. The first-order valence-corrected chi connectivity index (χ1v) is 7.96. The average Bonchev–Trinajstić information content (AvgIpc) is 2.57. The summed E-state index contributed by atoms with van der Waals surface area (Å²) in [5.41, 5.74) is 0.205. The highest BCUT2D eigenvalue weighted by molar-refractivity contribution is 5.97. The summed E-state index contributed by atoms with van der Waals surface area (Å²) in [5.74, 6) is -0.543. The predicted molar refractivity (Wildman–Crippen MR) is 90.9 cm³/mol. The summed E-state index contributed by atoms with van der Waals surface area (Å²) in [6.07, 6.45) is 0.698. The SMILES string of the molecule is CCCNC(=O)NC(=O)COC(=O)c1ccc(OC(C)C)c(OC)c1. The molecule has 138 valence electrons. The predicted octanol–water partition coefficient (Wildman–Crippen LogP) is 1.87. The van der Waals surface area contributed by atoms with E-state index in [1.54, 1.807) is 6.07 Å². The van der Waals surface area contributed by atoms with E-state index in [4.69, 9.17) is 14.2 Å². The van der Waals surface area contributed by atoms with Crippen molar-refractivity contribution in [1.29, 1.82) is 0 Å². The topological polar surface area (TPSA) is 103 Å². The number of benzene rings is 1. The van der Waals surface area contributed by atoms with Crippen LogP contribution < -0.4 is 20.1 Å². The maximum Gasteiger partial charge on any atom is 0.338 e. The second kappa shape index (κ2) is 10.2. The van der Waals surface area contributed by atoms with E-state index in [1.807, 2.05) is 20.8 Å². The first kappa shape index (κ1) is 20.3. The molecule has 0 radical (unpaired) electrons. The molecule has 1 aromatic carbocycles. The van der Waals surface area contributed by atoms with Crippen molar-refractivity contribution in [3.05, 3.63) is 23.8 Å². The number of ether oxygens (including phenoxy) is 3. The third kappa shape index (κ3) is 7.11. The van der Waals surface area contributed by atoms with Crippen molar-refractivity contribution in [2.45, 2.75) is 33.3 Å². The molecule has 0 heterocycles. The Kier molecular flexibility index (Phi) is 8.25. The highest BCUT2D eigenvalue weighted by Gasteiger charge is 2.15. The van der Waals surface area contributed by atoms with Gasteiger partial charge in [-0.1, -0.05) is 6.92 Å². The number of esters is 1. The van der Waals surface area contributed by atoms with Crippen molar-refractivity contribution in [3.63, 3.8) is 0 Å². The summed E-state index contributed by atoms with van der Waals surface area (Å²) >= 11 is 0. The van der Waals surface area contributed by atoms with Crippen LogP contribution >= 0.6 is 0 Å². The highest BCUT2D eigenvalue weighted by atomic mass is 16.5. The van der Waals surface area contributed by atoms with Crippen molar-refractivity contribution in [2.24, 2.45) is 0 Å². The Morgan fingerprint density at radius 2 is 1.88 bits per heavy atom. The summed E-state index contributed by atoms with van der Waals surface area (Å²) < 4.78 is 15.6. The van der Waals surface area contributed by atoms with Crippen molar-refractivity contribution >= 4 is 17.9 Å². The van der Waals surface area contributed by atoms with E-state index in [9.17, 15) is 14.4 Å². The van der Waals surface area contributed by atoms with Crippen LogP contribution in [0.5, 0.6) is 11.5 Å². The summed E-state index contributed by atoms with van der Waals surface area (Å²) in [7, 11) is 1.46. The molecule has 0 aliphatic rings. The van der Waals surface area contributed by atoms with Gasteiger partial charge in [0.25, 0.3) is 5.91 Å². The minimum atomic E-state index is -0.714. The van der Waals surface area contributed by atoms with Gasteiger partial charge in [0.05, 0.1) is 18.8 Å². The molecule has 0 atom stereocenters. The van der Waals surface area contributed by atoms with Gasteiger partial charge < -0.3 is 19.5 Å². The van der Waals surface area contributed by atoms with Crippen LogP contribution in [0, 0.1) is 0 Å². The van der Waals surface area contributed by atoms with Gasteiger partial charge in [-0.15, -0.1) is 0 Å². The number of rotatable bonds is 8. The van der Waals surface area contributed by atoms with Gasteiger partial charge in [0, 0.05) is 6.54 Å². The van der Waals surface area contributed by atoms with Gasteiger partial charge in [0.2, 0.25) is 0 Å². The van der Waals surface area contributed by atoms with Crippen molar-refractivity contribution in [1.82, 2.24) is 10.6 Å². The fraction of sp³-hybridized carbons (Fsp3) is 0.471. The van der Waals surface area contributed by atoms with Gasteiger partial charge in [-0.3, -0.25) is 10.1 Å². The maximum atomic E-state index is 12.0. The zero-order valence-electron chi connectivity index (χ0n) is 14.9. The second-order valence-electron chi connectivity index (χ2n) is 5.41. The monoisotopic (exact) mass is 352 g/mol. The van der Waals surface area contributed by atoms with Crippen molar-refractivity contribution < 1.29 is 28.6 Å². The summed E-state index contributed by atoms with van der Waals surface area (Å²) in [6, 6.07) is 3.94. The van der Waals surface area contributed by atoms with E-state index in [1.165, 1.54) is 19.2 Å². The molecule has 0 fully saturated rings. The molecule has 0 spiro atoms. The number of hydrogen-bond donors (Lipinski definition) is 2. The molecule has 0 bridgehead atoms. The van der Waals surface area contributed by atoms with E-state index in [0.717, 1.165) is 6.42 Å². The smallest absolute Gasteiger partial charge is 0.338 e. The van der Waals surface area contributed by atoms with Gasteiger partial charge in [0.15, 0.2) is 18.1 Å². The van der Waals surface area contributed by atoms with Crippen molar-refractivity contribution in [3.8, 4) is 11.5 Å². The molecule has 0 unspecified atom stereocenters. The van der Waals surface area contributed by atoms with Crippen LogP contribution in [0.1, 0.15) is 37.6 Å². The number of imide groups is 1. The lowest BCUT2D eigenvalue weighted by Gasteiger charge is -2.14. The Hall–Kier alpha value is -2.77. The maximum absolute atomic E-state index is 12.0. The molecule has 3 amide bonds. The Bertz CT molecular complexity index is 615. The van der Waals surface area contributed by atoms with Gasteiger partial charge in [-0.2, -0.15) is 0 Å². The zero-order chi connectivity index (χ0) is 18.8. The van der Waals surface area contributed by atoms with Crippen LogP contribution in [0.4, 0.5) is 4.79 Å². The van der Waals surface area contributed by atoms with Crippen LogP contribution in [-0.2, 0) is 9.53 Å². The van der Waals surface area contributed by atoms with Crippen LogP contribution in [0.25, 0.3) is 0 Å². The lowest BCUT2D eigenvalue weighted by molar-refractivity contribution is -0.123. The van der Waals surface area contributed by atoms with Gasteiger partial charge >= 0.3 is 12.0 Å². The summed E-state index contributed by atoms with van der Waals surface area (Å²) in [5, 5.41) is 4.54. The van der Waals surface area contributed by atoms with Gasteiger partial charge in [-0.05, 0) is 38.5 Å². The Morgan fingerprint density at radius 3 is 2.48 bits per heavy atom. The molecule has 0 saturated carbocycles. The Labute approximate surface area is 146 Å². The highest BCUT2D eigenvalue weighted by Crippen LogP contribution is 2.29. The minimum absolute atomic E-state index is 0.0470. The summed E-state index contributed by atoms with van der Waals surface area (Å²) in [4.78, 5) is 34.9. The molecule has 0 aliphatic carbocycles. The molecule has 0 aromatic heterocycles. The Balaban J connectivity index is 2.59. The molecule has 0 aliphatic heterocycles. The quantitative estimate of drug-likeness (QED) is 0.693. The standard InChI is InChI=1S/C17H24N2O6/c1-5-8-18-17(22)19-15(20)10-24-16(21)12-6-7-13(25-11(2)3)14(9-12)23-4/h6-7,9,11H,5,8,10H2,1-4H3,(H2,18,19,20,22). The number of urea groups is 1. The summed E-state index contributed by atoms with van der Waals surface area (Å²) in [6.45, 7) is 5.51. The van der Waals surface area contributed by atoms with E-state index in [-0.39, 0.29) is 11.7 Å². The van der Waals surface area contributed by atoms with Crippen LogP contribution in [0.15, 0.2) is 18.2 Å². The molecule has 8 heteroatoms. The number of methoxy groups -OCH3 is 1. The van der Waals surface area contributed by atoms with Gasteiger partial charge in [0.1, 0.15) is 0 Å². The molecule has 0 saturated heterocycles. The van der Waals surface area contributed by atoms with Crippen molar-refractivity contribution in [2.75, 3.05) is 20.3 Å². The number of nitrogens with one attached hydrogen (secondary N) is 2. The molecular formula is C17H24N2O6. The van der Waals surface area contributed by atoms with Gasteiger partial charge in [-0.25, -0.2) is 9.59 Å². The number of amides is 3. The fourth-order valence-corrected chi connectivity index (χ4v) is 1.81. The molecule has 8 nitrogen and oxygen atoms in total. The lowest BCUT2D eigenvalue weighted by atomic mass is 10.2. The zero-order valence-corrected chi connectivity index (χ0v) is 14.9. The molecule has 1 rings (SSSR count). The van der Waals surface area contributed by atoms with E-state index in [2.05, 4.69) is 10.6 Å². The number of carbonyl (C=O) groups excluding carboxylic acids is 3. The average molecular weight is 352 g/mol. The van der Waals surface area contributed by atoms with Crippen LogP contribution in [0.3, 0.4) is 0 Å². The second-order valence-corrected chi connectivity index (χ2v) is 5.41.